The second kappa shape index (κ2) is 10.9. The molecule has 0 saturated carbocycles. The zero-order valence-corrected chi connectivity index (χ0v) is 22.5. The van der Waals surface area contributed by atoms with E-state index in [9.17, 15) is 13.2 Å². The van der Waals surface area contributed by atoms with Gasteiger partial charge in [-0.2, -0.15) is 0 Å². The van der Waals surface area contributed by atoms with Crippen molar-refractivity contribution in [2.75, 3.05) is 25.5 Å². The van der Waals surface area contributed by atoms with Gasteiger partial charge in [0.05, 0.1) is 31.0 Å². The van der Waals surface area contributed by atoms with Gasteiger partial charge in [0, 0.05) is 31.3 Å². The average molecular weight is 550 g/mol. The molecule has 4 rings (SSSR count). The van der Waals surface area contributed by atoms with Crippen molar-refractivity contribution in [1.82, 2.24) is 29.6 Å². The van der Waals surface area contributed by atoms with Crippen LogP contribution in [0, 0.1) is 0 Å². The number of carbonyl (C=O) groups is 1. The summed E-state index contributed by atoms with van der Waals surface area (Å²) in [7, 11) is -1.03. The van der Waals surface area contributed by atoms with Crippen LogP contribution in [0.15, 0.2) is 30.6 Å². The van der Waals surface area contributed by atoms with Crippen molar-refractivity contribution in [2.45, 2.75) is 44.4 Å². The van der Waals surface area contributed by atoms with Crippen LogP contribution >= 0.6 is 11.6 Å². The molecular weight excluding hydrogens is 522 g/mol. The third kappa shape index (κ3) is 5.47. The Kier molecular flexibility index (Phi) is 7.83. The third-order valence-corrected chi connectivity index (χ3v) is 8.38. The Labute approximate surface area is 220 Å². The van der Waals surface area contributed by atoms with E-state index >= 15 is 0 Å². The summed E-state index contributed by atoms with van der Waals surface area (Å²) in [6.07, 6.45) is 4.04. The fourth-order valence-electron chi connectivity index (χ4n) is 4.07. The second-order valence-electron chi connectivity index (χ2n) is 8.61. The Balaban J connectivity index is 1.75. The minimum absolute atomic E-state index is 0.00548. The first-order valence-corrected chi connectivity index (χ1v) is 13.5. The number of benzene rings is 1. The summed E-state index contributed by atoms with van der Waals surface area (Å²) in [6.45, 7) is 3.98. The number of carbonyl (C=O) groups excluding carboxylic acids is 1. The summed E-state index contributed by atoms with van der Waals surface area (Å²) in [5.74, 6) is 0.859. The molecule has 1 fully saturated rings. The molecule has 0 aliphatic carbocycles. The van der Waals surface area contributed by atoms with Crippen molar-refractivity contribution in [2.24, 2.45) is 0 Å². The van der Waals surface area contributed by atoms with Crippen molar-refractivity contribution < 1.29 is 22.7 Å². The Bertz CT molecular complexity index is 1360. The van der Waals surface area contributed by atoms with Crippen LogP contribution in [-0.4, -0.2) is 70.0 Å². The van der Waals surface area contributed by atoms with E-state index in [1.54, 1.807) is 36.9 Å². The molecule has 1 saturated heterocycles. The van der Waals surface area contributed by atoms with E-state index < -0.39 is 21.2 Å². The fourth-order valence-corrected chi connectivity index (χ4v) is 5.40. The molecule has 3 heterocycles. The van der Waals surface area contributed by atoms with Gasteiger partial charge in [0.25, 0.3) is 0 Å². The number of methoxy groups -OCH3 is 2. The zero-order valence-electron chi connectivity index (χ0n) is 20.9. The van der Waals surface area contributed by atoms with E-state index in [0.717, 1.165) is 6.42 Å². The monoisotopic (exact) mass is 549 g/mol. The number of ether oxygens (including phenoxy) is 2. The fraction of sp³-hybridized carbons (Fsp3) is 0.435. The SMILES string of the molecule is COc1cccc(OC)c1-n1c(CN2CCCC2=O)nnc1NS(=O)(=O)C(C)C(C)c1ncc(Cl)cn1. The number of para-hydroxylation sites is 1. The molecule has 12 nitrogen and oxygen atoms in total. The molecule has 1 amide bonds. The van der Waals surface area contributed by atoms with Gasteiger partial charge in [-0.25, -0.2) is 18.4 Å². The van der Waals surface area contributed by atoms with Crippen LogP contribution in [0.1, 0.15) is 44.3 Å². The van der Waals surface area contributed by atoms with E-state index in [0.29, 0.717) is 46.8 Å². The number of hydrogen-bond donors (Lipinski definition) is 1. The van der Waals surface area contributed by atoms with Crippen LogP contribution < -0.4 is 14.2 Å². The lowest BCUT2D eigenvalue weighted by molar-refractivity contribution is -0.128. The van der Waals surface area contributed by atoms with E-state index in [1.807, 2.05) is 0 Å². The molecule has 1 aliphatic heterocycles. The second-order valence-corrected chi connectivity index (χ2v) is 11.1. The summed E-state index contributed by atoms with van der Waals surface area (Å²) < 4.78 is 42.1. The first-order valence-electron chi connectivity index (χ1n) is 11.6. The lowest BCUT2D eigenvalue weighted by atomic mass is 10.1. The molecule has 0 radical (unpaired) electrons. The molecule has 0 spiro atoms. The molecular formula is C23H28ClN7O5S. The largest absolute Gasteiger partial charge is 0.494 e. The minimum Gasteiger partial charge on any atom is -0.494 e. The number of anilines is 1. The van der Waals surface area contributed by atoms with Crippen LogP contribution in [0.4, 0.5) is 5.95 Å². The molecule has 2 atom stereocenters. The molecule has 1 aliphatic rings. The lowest BCUT2D eigenvalue weighted by Crippen LogP contribution is -2.32. The van der Waals surface area contributed by atoms with Crippen LogP contribution in [0.25, 0.3) is 5.69 Å². The Morgan fingerprint density at radius 2 is 1.76 bits per heavy atom. The topological polar surface area (TPSA) is 141 Å². The van der Waals surface area contributed by atoms with Gasteiger partial charge in [0.1, 0.15) is 23.0 Å². The van der Waals surface area contributed by atoms with Crippen LogP contribution in [0.5, 0.6) is 11.5 Å². The number of halogens is 1. The van der Waals surface area contributed by atoms with Gasteiger partial charge in [0.15, 0.2) is 5.82 Å². The van der Waals surface area contributed by atoms with Crippen molar-refractivity contribution in [3.8, 4) is 17.2 Å². The van der Waals surface area contributed by atoms with Crippen LogP contribution in [0.3, 0.4) is 0 Å². The molecule has 198 valence electrons. The van der Waals surface area contributed by atoms with Gasteiger partial charge < -0.3 is 14.4 Å². The first kappa shape index (κ1) is 26.6. The minimum atomic E-state index is -4.01. The quantitative estimate of drug-likeness (QED) is 0.404. The summed E-state index contributed by atoms with van der Waals surface area (Å²) in [4.78, 5) is 22.3. The van der Waals surface area contributed by atoms with Gasteiger partial charge in [-0.05, 0) is 25.5 Å². The predicted octanol–water partition coefficient (Wildman–Crippen LogP) is 2.78. The smallest absolute Gasteiger partial charge is 0.243 e. The molecule has 2 unspecified atom stereocenters. The van der Waals surface area contributed by atoms with Crippen molar-refractivity contribution in [3.05, 3.63) is 47.3 Å². The highest BCUT2D eigenvalue weighted by Gasteiger charge is 2.33. The van der Waals surface area contributed by atoms with Gasteiger partial charge in [-0.1, -0.05) is 24.6 Å². The van der Waals surface area contributed by atoms with Gasteiger partial charge in [-0.3, -0.25) is 14.1 Å². The molecule has 0 bridgehead atoms. The van der Waals surface area contributed by atoms with E-state index in [1.165, 1.54) is 31.2 Å². The third-order valence-electron chi connectivity index (χ3n) is 6.33. The number of nitrogens with zero attached hydrogens (tertiary/aromatic N) is 6. The van der Waals surface area contributed by atoms with Crippen molar-refractivity contribution >= 4 is 33.5 Å². The van der Waals surface area contributed by atoms with Gasteiger partial charge in [-0.15, -0.1) is 10.2 Å². The number of sulfonamides is 1. The summed E-state index contributed by atoms with van der Waals surface area (Å²) >= 11 is 5.87. The lowest BCUT2D eigenvalue weighted by Gasteiger charge is -2.22. The highest BCUT2D eigenvalue weighted by atomic mass is 35.5. The van der Waals surface area contributed by atoms with E-state index in [2.05, 4.69) is 24.9 Å². The number of nitrogens with one attached hydrogen (secondary N) is 1. The Morgan fingerprint density at radius 3 is 2.32 bits per heavy atom. The summed E-state index contributed by atoms with van der Waals surface area (Å²) in [5.41, 5.74) is 0.401. The maximum atomic E-state index is 13.5. The highest BCUT2D eigenvalue weighted by molar-refractivity contribution is 7.93. The van der Waals surface area contributed by atoms with E-state index in [-0.39, 0.29) is 18.4 Å². The predicted molar refractivity (Wildman–Crippen MR) is 137 cm³/mol. The Morgan fingerprint density at radius 1 is 1.11 bits per heavy atom. The maximum Gasteiger partial charge on any atom is 0.243 e. The standard InChI is InChI=1S/C23H28ClN7O5S/c1-14(22-25-11-16(24)12-26-22)15(2)37(33,34)29-23-28-27-19(13-30-10-6-9-20(30)32)31(23)21-17(35-3)7-5-8-18(21)36-4/h5,7-8,11-12,14-15H,6,9-10,13H2,1-4H3,(H,28,29). The number of likely N-dealkylation sites (tertiary alicyclic amines) is 1. The van der Waals surface area contributed by atoms with Crippen LogP contribution in [0.2, 0.25) is 5.02 Å². The molecule has 1 aromatic carbocycles. The highest BCUT2D eigenvalue weighted by Crippen LogP contribution is 2.36. The molecule has 1 N–H and O–H groups in total. The molecule has 37 heavy (non-hydrogen) atoms. The summed E-state index contributed by atoms with van der Waals surface area (Å²) in [5, 5.41) is 7.80. The number of hydrogen-bond acceptors (Lipinski definition) is 9. The number of aromatic nitrogens is 5. The number of amides is 1. The molecule has 14 heteroatoms. The number of rotatable bonds is 10. The molecule has 3 aromatic rings. The van der Waals surface area contributed by atoms with Crippen molar-refractivity contribution in [1.29, 1.82) is 0 Å². The van der Waals surface area contributed by atoms with Gasteiger partial charge in [0.2, 0.25) is 21.9 Å². The van der Waals surface area contributed by atoms with Crippen LogP contribution in [-0.2, 0) is 21.4 Å². The average Bonchev–Trinajstić information content (AvgIpc) is 3.47. The first-order chi connectivity index (χ1) is 17.7. The van der Waals surface area contributed by atoms with Crippen molar-refractivity contribution in [3.63, 3.8) is 0 Å². The Hall–Kier alpha value is -3.45. The van der Waals surface area contributed by atoms with E-state index in [4.69, 9.17) is 21.1 Å². The summed E-state index contributed by atoms with van der Waals surface area (Å²) in [6, 6.07) is 5.17. The normalized spacial score (nSPS) is 15.5. The zero-order chi connectivity index (χ0) is 26.7. The molecule has 2 aromatic heterocycles. The van der Waals surface area contributed by atoms with Gasteiger partial charge >= 0.3 is 0 Å². The maximum absolute atomic E-state index is 13.5.